The molecule has 0 spiro atoms. The number of hydrogen-bond donors (Lipinski definition) is 0. The van der Waals surface area contributed by atoms with Crippen LogP contribution in [0.25, 0.3) is 10.9 Å². The van der Waals surface area contributed by atoms with Crippen molar-refractivity contribution in [1.82, 2.24) is 4.98 Å². The molecule has 0 unspecified atom stereocenters. The zero-order valence-electron chi connectivity index (χ0n) is 8.65. The van der Waals surface area contributed by atoms with Crippen molar-refractivity contribution in [1.29, 1.82) is 0 Å². The highest BCUT2D eigenvalue weighted by molar-refractivity contribution is 5.97. The van der Waals surface area contributed by atoms with Crippen molar-refractivity contribution in [2.45, 2.75) is 6.92 Å². The van der Waals surface area contributed by atoms with Crippen LogP contribution in [-0.4, -0.2) is 17.9 Å². The fourth-order valence-corrected chi connectivity index (χ4v) is 1.43. The predicted molar refractivity (Wildman–Crippen MR) is 58.3 cm³/mol. The molecule has 0 bridgehead atoms. The number of methoxy groups -OCH3 is 1. The number of fused-ring (bicyclic) bond motifs is 1. The van der Waals surface area contributed by atoms with Crippen molar-refractivity contribution < 1.29 is 9.53 Å². The summed E-state index contributed by atoms with van der Waals surface area (Å²) < 4.78 is 5.03. The standard InChI is InChI=1S/C12H11NO2/c1-8(14)10-4-3-9-5-6-12(15-2)13-11(9)7-10/h3-7H,1-2H3. The SMILES string of the molecule is COc1ccc2ccc(C(C)=O)cc2n1. The molecule has 0 amide bonds. The maximum atomic E-state index is 11.2. The van der Waals surface area contributed by atoms with Crippen LogP contribution in [0.15, 0.2) is 30.3 Å². The Balaban J connectivity index is 2.62. The summed E-state index contributed by atoms with van der Waals surface area (Å²) in [6.07, 6.45) is 0. The Bertz CT molecular complexity index is 520. The minimum atomic E-state index is 0.0431. The van der Waals surface area contributed by atoms with Gasteiger partial charge < -0.3 is 4.74 Å². The topological polar surface area (TPSA) is 39.2 Å². The molecule has 0 radical (unpaired) electrons. The number of rotatable bonds is 2. The van der Waals surface area contributed by atoms with Crippen LogP contribution in [0.2, 0.25) is 0 Å². The third-order valence-corrected chi connectivity index (χ3v) is 2.28. The van der Waals surface area contributed by atoms with Gasteiger partial charge in [0.25, 0.3) is 0 Å². The Labute approximate surface area is 87.7 Å². The van der Waals surface area contributed by atoms with E-state index in [-0.39, 0.29) is 5.78 Å². The summed E-state index contributed by atoms with van der Waals surface area (Å²) in [4.78, 5) is 15.4. The molecule has 76 valence electrons. The smallest absolute Gasteiger partial charge is 0.213 e. The Morgan fingerprint density at radius 2 is 2.00 bits per heavy atom. The van der Waals surface area contributed by atoms with Gasteiger partial charge in [-0.25, -0.2) is 4.98 Å². The molecule has 0 N–H and O–H groups in total. The van der Waals surface area contributed by atoms with E-state index in [0.29, 0.717) is 11.4 Å². The first-order valence-electron chi connectivity index (χ1n) is 4.66. The Hall–Kier alpha value is -1.90. The van der Waals surface area contributed by atoms with Crippen LogP contribution in [0, 0.1) is 0 Å². The molecule has 1 aromatic carbocycles. The number of carbonyl (C=O) groups excluding carboxylic acids is 1. The largest absolute Gasteiger partial charge is 0.481 e. The highest BCUT2D eigenvalue weighted by Gasteiger charge is 2.02. The quantitative estimate of drug-likeness (QED) is 0.700. The number of hydrogen-bond acceptors (Lipinski definition) is 3. The van der Waals surface area contributed by atoms with Crippen molar-refractivity contribution in [2.24, 2.45) is 0 Å². The van der Waals surface area contributed by atoms with Crippen LogP contribution in [0.3, 0.4) is 0 Å². The second kappa shape index (κ2) is 3.69. The van der Waals surface area contributed by atoms with Gasteiger partial charge in [-0.3, -0.25) is 4.79 Å². The summed E-state index contributed by atoms with van der Waals surface area (Å²) in [5, 5.41) is 1.00. The molecule has 3 nitrogen and oxygen atoms in total. The molecule has 0 aliphatic carbocycles. The van der Waals surface area contributed by atoms with E-state index in [0.717, 1.165) is 10.9 Å². The monoisotopic (exact) mass is 201 g/mol. The fraction of sp³-hybridized carbons (Fsp3) is 0.167. The van der Waals surface area contributed by atoms with E-state index in [1.807, 2.05) is 12.1 Å². The lowest BCUT2D eigenvalue weighted by Crippen LogP contribution is -1.93. The molecule has 2 aromatic rings. The van der Waals surface area contributed by atoms with Crippen molar-refractivity contribution in [3.05, 3.63) is 35.9 Å². The summed E-state index contributed by atoms with van der Waals surface area (Å²) in [5.74, 6) is 0.602. The maximum Gasteiger partial charge on any atom is 0.213 e. The van der Waals surface area contributed by atoms with Crippen LogP contribution in [0.4, 0.5) is 0 Å². The molecular formula is C12H11NO2. The molecule has 15 heavy (non-hydrogen) atoms. The Morgan fingerprint density at radius 3 is 2.67 bits per heavy atom. The van der Waals surface area contributed by atoms with E-state index >= 15 is 0 Å². The summed E-state index contributed by atoms with van der Waals surface area (Å²) in [6, 6.07) is 9.19. The van der Waals surface area contributed by atoms with Gasteiger partial charge in [-0.15, -0.1) is 0 Å². The van der Waals surface area contributed by atoms with Gasteiger partial charge in [-0.05, 0) is 19.1 Å². The summed E-state index contributed by atoms with van der Waals surface area (Å²) in [6.45, 7) is 1.54. The van der Waals surface area contributed by atoms with Gasteiger partial charge in [0.15, 0.2) is 5.78 Å². The van der Waals surface area contributed by atoms with Gasteiger partial charge in [0.2, 0.25) is 5.88 Å². The lowest BCUT2D eigenvalue weighted by Gasteiger charge is -2.02. The van der Waals surface area contributed by atoms with Crippen LogP contribution in [-0.2, 0) is 0 Å². The third kappa shape index (κ3) is 1.81. The van der Waals surface area contributed by atoms with Gasteiger partial charge in [0.1, 0.15) is 0 Å². The molecule has 0 atom stereocenters. The first-order chi connectivity index (χ1) is 7.20. The van der Waals surface area contributed by atoms with Crippen LogP contribution in [0.1, 0.15) is 17.3 Å². The average molecular weight is 201 g/mol. The normalized spacial score (nSPS) is 10.3. The number of pyridine rings is 1. The number of carbonyl (C=O) groups is 1. The average Bonchev–Trinajstić information content (AvgIpc) is 2.27. The van der Waals surface area contributed by atoms with Crippen molar-refractivity contribution >= 4 is 16.7 Å². The first kappa shape index (κ1) is 9.65. The molecule has 2 rings (SSSR count). The molecular weight excluding hydrogens is 190 g/mol. The van der Waals surface area contributed by atoms with E-state index in [2.05, 4.69) is 4.98 Å². The Morgan fingerprint density at radius 1 is 1.27 bits per heavy atom. The molecule has 0 saturated carbocycles. The van der Waals surface area contributed by atoms with Gasteiger partial charge in [0, 0.05) is 17.0 Å². The van der Waals surface area contributed by atoms with Crippen molar-refractivity contribution in [2.75, 3.05) is 7.11 Å². The maximum absolute atomic E-state index is 11.2. The minimum Gasteiger partial charge on any atom is -0.481 e. The van der Waals surface area contributed by atoms with E-state index < -0.39 is 0 Å². The zero-order valence-corrected chi connectivity index (χ0v) is 8.65. The van der Waals surface area contributed by atoms with E-state index in [1.165, 1.54) is 0 Å². The zero-order chi connectivity index (χ0) is 10.8. The summed E-state index contributed by atoms with van der Waals surface area (Å²) in [5.41, 5.74) is 1.45. The van der Waals surface area contributed by atoms with Crippen molar-refractivity contribution in [3.8, 4) is 5.88 Å². The van der Waals surface area contributed by atoms with Gasteiger partial charge in [-0.1, -0.05) is 12.1 Å². The second-order valence-corrected chi connectivity index (χ2v) is 3.32. The number of aromatic nitrogens is 1. The van der Waals surface area contributed by atoms with Gasteiger partial charge >= 0.3 is 0 Å². The van der Waals surface area contributed by atoms with Crippen LogP contribution < -0.4 is 4.74 Å². The number of ketones is 1. The van der Waals surface area contributed by atoms with E-state index in [1.54, 1.807) is 32.2 Å². The molecule has 3 heteroatoms. The van der Waals surface area contributed by atoms with E-state index in [9.17, 15) is 4.79 Å². The fourth-order valence-electron chi connectivity index (χ4n) is 1.43. The van der Waals surface area contributed by atoms with E-state index in [4.69, 9.17) is 4.74 Å². The molecule has 0 fully saturated rings. The van der Waals surface area contributed by atoms with Gasteiger partial charge in [-0.2, -0.15) is 0 Å². The molecule has 0 saturated heterocycles. The highest BCUT2D eigenvalue weighted by atomic mass is 16.5. The lowest BCUT2D eigenvalue weighted by atomic mass is 10.1. The Kier molecular flexibility index (Phi) is 2.37. The predicted octanol–water partition coefficient (Wildman–Crippen LogP) is 2.45. The van der Waals surface area contributed by atoms with Crippen LogP contribution in [0.5, 0.6) is 5.88 Å². The van der Waals surface area contributed by atoms with Crippen molar-refractivity contribution in [3.63, 3.8) is 0 Å². The second-order valence-electron chi connectivity index (χ2n) is 3.32. The molecule has 1 aromatic heterocycles. The number of benzene rings is 1. The number of Topliss-reactive ketones (excluding diaryl/α,β-unsaturated/α-hetero) is 1. The first-order valence-corrected chi connectivity index (χ1v) is 4.66. The summed E-state index contributed by atoms with van der Waals surface area (Å²) >= 11 is 0. The molecule has 0 aliphatic rings. The summed E-state index contributed by atoms with van der Waals surface area (Å²) in [7, 11) is 1.57. The third-order valence-electron chi connectivity index (χ3n) is 2.28. The molecule has 1 heterocycles. The van der Waals surface area contributed by atoms with Gasteiger partial charge in [0.05, 0.1) is 12.6 Å². The number of nitrogens with zero attached hydrogens (tertiary/aromatic N) is 1. The minimum absolute atomic E-state index is 0.0431. The molecule has 0 aliphatic heterocycles. The highest BCUT2D eigenvalue weighted by Crippen LogP contribution is 2.18. The lowest BCUT2D eigenvalue weighted by molar-refractivity contribution is 0.101. The van der Waals surface area contributed by atoms with Crippen LogP contribution >= 0.6 is 0 Å². The number of ether oxygens (including phenoxy) is 1.